The van der Waals surface area contributed by atoms with Gasteiger partial charge < -0.3 is 9.64 Å². The summed E-state index contributed by atoms with van der Waals surface area (Å²) in [7, 11) is 3.32. The fourth-order valence-electron chi connectivity index (χ4n) is 2.67. The summed E-state index contributed by atoms with van der Waals surface area (Å²) in [5.74, 6) is 1.19. The van der Waals surface area contributed by atoms with Gasteiger partial charge in [0.1, 0.15) is 12.3 Å². The van der Waals surface area contributed by atoms with Gasteiger partial charge in [-0.25, -0.2) is 0 Å². The zero-order valence-electron chi connectivity index (χ0n) is 15.3. The lowest BCUT2D eigenvalue weighted by molar-refractivity contribution is -0.131. The van der Waals surface area contributed by atoms with Gasteiger partial charge in [0.15, 0.2) is 10.6 Å². The molecule has 0 fully saturated rings. The smallest absolute Gasteiger partial charge is 0.242 e. The summed E-state index contributed by atoms with van der Waals surface area (Å²) in [5, 5.41) is 8.08. The van der Waals surface area contributed by atoms with Gasteiger partial charge in [-0.15, -0.1) is 0 Å². The van der Waals surface area contributed by atoms with Crippen molar-refractivity contribution in [3.63, 3.8) is 0 Å². The van der Waals surface area contributed by atoms with E-state index in [9.17, 15) is 4.79 Å². The third-order valence-electron chi connectivity index (χ3n) is 4.25. The van der Waals surface area contributed by atoms with Crippen LogP contribution in [0.15, 0.2) is 42.5 Å². The molecule has 0 aliphatic carbocycles. The Labute approximate surface area is 177 Å². The highest BCUT2D eigenvalue weighted by molar-refractivity contribution is 7.71. The second kappa shape index (κ2) is 8.77. The van der Waals surface area contributed by atoms with Gasteiger partial charge in [0.25, 0.3) is 0 Å². The third kappa shape index (κ3) is 4.55. The van der Waals surface area contributed by atoms with E-state index in [0.29, 0.717) is 27.2 Å². The van der Waals surface area contributed by atoms with E-state index < -0.39 is 0 Å². The molecule has 1 aromatic heterocycles. The predicted octanol–water partition coefficient (Wildman–Crippen LogP) is 4.58. The van der Waals surface area contributed by atoms with Crippen LogP contribution in [-0.4, -0.2) is 39.7 Å². The Bertz CT molecular complexity index is 1050. The molecular formula is C19H18Cl2N4O2S. The maximum atomic E-state index is 12.8. The van der Waals surface area contributed by atoms with Gasteiger partial charge >= 0.3 is 0 Å². The topological polar surface area (TPSA) is 63.1 Å². The first kappa shape index (κ1) is 20.4. The number of methoxy groups -OCH3 is 1. The molecule has 1 heterocycles. The summed E-state index contributed by atoms with van der Waals surface area (Å²) < 4.78 is 7.21. The van der Waals surface area contributed by atoms with Crippen molar-refractivity contribution in [2.24, 2.45) is 0 Å². The molecule has 0 aliphatic heterocycles. The Balaban J connectivity index is 1.78. The van der Waals surface area contributed by atoms with Crippen LogP contribution in [0.1, 0.15) is 5.56 Å². The van der Waals surface area contributed by atoms with Crippen molar-refractivity contribution in [2.45, 2.75) is 13.1 Å². The van der Waals surface area contributed by atoms with Crippen molar-refractivity contribution in [1.29, 1.82) is 0 Å². The molecule has 1 amide bonds. The molecule has 0 saturated carbocycles. The first-order chi connectivity index (χ1) is 13.4. The van der Waals surface area contributed by atoms with E-state index in [1.807, 2.05) is 24.3 Å². The number of hydrogen-bond donors (Lipinski definition) is 1. The number of carbonyl (C=O) groups excluding carboxylic acids is 1. The van der Waals surface area contributed by atoms with Gasteiger partial charge in [0.05, 0.1) is 7.11 Å². The highest BCUT2D eigenvalue weighted by Crippen LogP contribution is 2.23. The fourth-order valence-corrected chi connectivity index (χ4v) is 3.34. The minimum atomic E-state index is -0.127. The number of likely N-dealkylation sites (N-methyl/N-ethyl adjacent to an activating group) is 1. The molecular weight excluding hydrogens is 419 g/mol. The summed E-state index contributed by atoms with van der Waals surface area (Å²) in [6.45, 7) is 0.413. The number of halogens is 2. The maximum absolute atomic E-state index is 12.8. The Morgan fingerprint density at radius 2 is 1.96 bits per heavy atom. The van der Waals surface area contributed by atoms with Gasteiger partial charge in [0, 0.05) is 29.2 Å². The molecule has 6 nitrogen and oxygen atoms in total. The van der Waals surface area contributed by atoms with E-state index in [1.54, 1.807) is 41.8 Å². The number of nitrogens with zero attached hydrogens (tertiary/aromatic N) is 3. The zero-order chi connectivity index (χ0) is 20.3. The molecule has 3 aromatic rings. The summed E-state index contributed by atoms with van der Waals surface area (Å²) >= 11 is 17.4. The first-order valence-electron chi connectivity index (χ1n) is 8.36. The SMILES string of the molecule is COc1ccc(-c2n[nH]c(=S)n2CC(=O)N(C)Cc2ccc(Cl)cc2Cl)cc1. The molecule has 2 aromatic carbocycles. The predicted molar refractivity (Wildman–Crippen MR) is 112 cm³/mol. The van der Waals surface area contributed by atoms with Crippen molar-refractivity contribution in [2.75, 3.05) is 14.2 Å². The Hall–Kier alpha value is -2.35. The van der Waals surface area contributed by atoms with Gasteiger partial charge in [-0.3, -0.25) is 14.5 Å². The number of H-pyrrole nitrogens is 1. The molecule has 9 heteroatoms. The molecule has 28 heavy (non-hydrogen) atoms. The number of rotatable bonds is 6. The van der Waals surface area contributed by atoms with E-state index >= 15 is 0 Å². The average Bonchev–Trinajstić information content (AvgIpc) is 3.04. The van der Waals surface area contributed by atoms with Crippen LogP contribution in [-0.2, 0) is 17.9 Å². The summed E-state index contributed by atoms with van der Waals surface area (Å²) in [6.07, 6.45) is 0. The molecule has 0 bridgehead atoms. The fraction of sp³-hybridized carbons (Fsp3) is 0.211. The van der Waals surface area contributed by atoms with Crippen LogP contribution in [0.2, 0.25) is 10.0 Å². The Morgan fingerprint density at radius 1 is 1.25 bits per heavy atom. The number of benzene rings is 2. The van der Waals surface area contributed by atoms with Gasteiger partial charge in [-0.1, -0.05) is 29.3 Å². The van der Waals surface area contributed by atoms with Crippen molar-refractivity contribution >= 4 is 41.3 Å². The minimum Gasteiger partial charge on any atom is -0.497 e. The lowest BCUT2D eigenvalue weighted by atomic mass is 10.2. The highest BCUT2D eigenvalue weighted by atomic mass is 35.5. The van der Waals surface area contributed by atoms with Gasteiger partial charge in [-0.2, -0.15) is 5.10 Å². The molecule has 0 saturated heterocycles. The standard InChI is InChI=1S/C19H18Cl2N4O2S/c1-24(10-13-3-6-14(20)9-16(13)21)17(26)11-25-18(22-23-19(25)28)12-4-7-15(27-2)8-5-12/h3-9H,10-11H2,1-2H3,(H,23,28). The molecule has 0 aliphatic rings. The normalized spacial score (nSPS) is 10.7. The molecule has 0 unspecified atom stereocenters. The number of ether oxygens (including phenoxy) is 1. The molecule has 1 N–H and O–H groups in total. The van der Waals surface area contributed by atoms with Gasteiger partial charge in [0.2, 0.25) is 5.91 Å². The number of hydrogen-bond acceptors (Lipinski definition) is 4. The lowest BCUT2D eigenvalue weighted by Crippen LogP contribution is -2.30. The van der Waals surface area contributed by atoms with Crippen molar-refractivity contribution < 1.29 is 9.53 Å². The number of carbonyl (C=O) groups is 1. The molecule has 0 spiro atoms. The second-order valence-electron chi connectivity index (χ2n) is 6.15. The van der Waals surface area contributed by atoms with E-state index in [4.69, 9.17) is 40.2 Å². The Morgan fingerprint density at radius 3 is 2.61 bits per heavy atom. The van der Waals surface area contributed by atoms with Crippen LogP contribution in [0, 0.1) is 4.77 Å². The largest absolute Gasteiger partial charge is 0.497 e. The number of aromatic amines is 1. The van der Waals surface area contributed by atoms with Crippen LogP contribution in [0.4, 0.5) is 0 Å². The Kier molecular flexibility index (Phi) is 6.39. The molecule has 3 rings (SSSR count). The summed E-state index contributed by atoms with van der Waals surface area (Å²) in [5.41, 5.74) is 1.64. The van der Waals surface area contributed by atoms with E-state index in [0.717, 1.165) is 16.9 Å². The monoisotopic (exact) mass is 436 g/mol. The van der Waals surface area contributed by atoms with Gasteiger partial charge in [-0.05, 0) is 54.2 Å². The van der Waals surface area contributed by atoms with Crippen LogP contribution in [0.5, 0.6) is 5.75 Å². The van der Waals surface area contributed by atoms with Crippen molar-refractivity contribution in [3.8, 4) is 17.1 Å². The number of aromatic nitrogens is 3. The minimum absolute atomic E-state index is 0.0540. The maximum Gasteiger partial charge on any atom is 0.242 e. The first-order valence-corrected chi connectivity index (χ1v) is 9.53. The highest BCUT2D eigenvalue weighted by Gasteiger charge is 2.16. The van der Waals surface area contributed by atoms with Crippen LogP contribution >= 0.6 is 35.4 Å². The van der Waals surface area contributed by atoms with Crippen LogP contribution in [0.3, 0.4) is 0 Å². The average molecular weight is 437 g/mol. The second-order valence-corrected chi connectivity index (χ2v) is 7.38. The molecule has 0 radical (unpaired) electrons. The van der Waals surface area contributed by atoms with Crippen LogP contribution in [0.25, 0.3) is 11.4 Å². The van der Waals surface area contributed by atoms with E-state index in [-0.39, 0.29) is 12.5 Å². The van der Waals surface area contributed by atoms with Crippen molar-refractivity contribution in [3.05, 3.63) is 62.8 Å². The van der Waals surface area contributed by atoms with E-state index in [2.05, 4.69) is 10.2 Å². The van der Waals surface area contributed by atoms with Crippen molar-refractivity contribution in [1.82, 2.24) is 19.7 Å². The lowest BCUT2D eigenvalue weighted by Gasteiger charge is -2.19. The number of amides is 1. The zero-order valence-corrected chi connectivity index (χ0v) is 17.6. The van der Waals surface area contributed by atoms with E-state index in [1.165, 1.54) is 0 Å². The third-order valence-corrected chi connectivity index (χ3v) is 5.15. The molecule has 0 atom stereocenters. The molecule has 146 valence electrons. The summed E-state index contributed by atoms with van der Waals surface area (Å²) in [6, 6.07) is 12.6. The number of nitrogens with one attached hydrogen (secondary N) is 1. The summed E-state index contributed by atoms with van der Waals surface area (Å²) in [4.78, 5) is 14.3. The van der Waals surface area contributed by atoms with Crippen LogP contribution < -0.4 is 4.74 Å². The quantitative estimate of drug-likeness (QED) is 0.574.